The Balaban J connectivity index is 1.30. The van der Waals surface area contributed by atoms with Gasteiger partial charge in [0.25, 0.3) is 0 Å². The van der Waals surface area contributed by atoms with Gasteiger partial charge in [0.2, 0.25) is 0 Å². The van der Waals surface area contributed by atoms with Crippen molar-refractivity contribution in [3.8, 4) is 11.1 Å². The molecule has 1 aliphatic rings. The summed E-state index contributed by atoms with van der Waals surface area (Å²) in [4.78, 5) is 19.8. The SMILES string of the molecule is CC(C)c1cc(-c2ccc(NC(=O)Nc3cccc(C(F)(F)F)c3)cc2)c2cnn(CCCN3CCOCC3)c2n1. The van der Waals surface area contributed by atoms with Crippen LogP contribution < -0.4 is 10.6 Å². The van der Waals surface area contributed by atoms with E-state index in [1.165, 1.54) is 12.1 Å². The monoisotopic (exact) mass is 566 g/mol. The number of morpholine rings is 1. The molecule has 3 heterocycles. The number of aryl methyl sites for hydroxylation is 1. The number of nitrogens with zero attached hydrogens (tertiary/aromatic N) is 4. The van der Waals surface area contributed by atoms with Crippen molar-refractivity contribution in [2.45, 2.75) is 38.9 Å². The van der Waals surface area contributed by atoms with E-state index in [1.807, 2.05) is 23.0 Å². The molecule has 0 radical (unpaired) electrons. The molecular weight excluding hydrogens is 533 g/mol. The van der Waals surface area contributed by atoms with Gasteiger partial charge in [-0.1, -0.05) is 32.0 Å². The molecule has 2 amide bonds. The first-order chi connectivity index (χ1) is 19.7. The molecule has 4 aromatic rings. The van der Waals surface area contributed by atoms with Crippen molar-refractivity contribution in [2.24, 2.45) is 0 Å². The number of urea groups is 1. The van der Waals surface area contributed by atoms with Crippen molar-refractivity contribution in [1.82, 2.24) is 19.7 Å². The lowest BCUT2D eigenvalue weighted by Gasteiger charge is -2.26. The van der Waals surface area contributed by atoms with Gasteiger partial charge >= 0.3 is 12.2 Å². The van der Waals surface area contributed by atoms with Gasteiger partial charge in [-0.25, -0.2) is 14.5 Å². The molecule has 0 atom stereocenters. The third-order valence-corrected chi connectivity index (χ3v) is 7.07. The van der Waals surface area contributed by atoms with Crippen LogP contribution in [0.4, 0.5) is 29.3 Å². The van der Waals surface area contributed by atoms with Gasteiger partial charge in [0, 0.05) is 48.6 Å². The van der Waals surface area contributed by atoms with Crippen LogP contribution in [0.5, 0.6) is 0 Å². The van der Waals surface area contributed by atoms with Crippen molar-refractivity contribution in [1.29, 1.82) is 0 Å². The van der Waals surface area contributed by atoms with Gasteiger partial charge in [-0.15, -0.1) is 0 Å². The third-order valence-electron chi connectivity index (χ3n) is 7.07. The number of halogens is 3. The lowest BCUT2D eigenvalue weighted by atomic mass is 9.99. The maximum Gasteiger partial charge on any atom is 0.416 e. The van der Waals surface area contributed by atoms with Gasteiger partial charge < -0.3 is 15.4 Å². The Bertz CT molecular complexity index is 1490. The summed E-state index contributed by atoms with van der Waals surface area (Å²) >= 11 is 0. The number of hydrogen-bond acceptors (Lipinski definition) is 5. The molecule has 41 heavy (non-hydrogen) atoms. The van der Waals surface area contributed by atoms with Crippen molar-refractivity contribution >= 4 is 28.4 Å². The molecule has 8 nitrogen and oxygen atoms in total. The normalized spacial score (nSPS) is 14.5. The molecule has 1 saturated heterocycles. The Labute approximate surface area is 236 Å². The predicted octanol–water partition coefficient (Wildman–Crippen LogP) is 6.61. The molecule has 0 aliphatic carbocycles. The van der Waals surface area contributed by atoms with Crippen LogP contribution in [0.1, 0.15) is 37.4 Å². The third kappa shape index (κ3) is 7.04. The molecule has 11 heteroatoms. The number of nitrogens with one attached hydrogen (secondary N) is 2. The zero-order chi connectivity index (χ0) is 29.0. The van der Waals surface area contributed by atoms with Gasteiger partial charge in [0.15, 0.2) is 5.65 Å². The minimum absolute atomic E-state index is 0.0521. The van der Waals surface area contributed by atoms with E-state index in [2.05, 4.69) is 40.5 Å². The highest BCUT2D eigenvalue weighted by molar-refractivity contribution is 6.00. The summed E-state index contributed by atoms with van der Waals surface area (Å²) < 4.78 is 46.3. The Morgan fingerprint density at radius 3 is 2.44 bits per heavy atom. The summed E-state index contributed by atoms with van der Waals surface area (Å²) in [7, 11) is 0. The van der Waals surface area contributed by atoms with Crippen LogP contribution in [-0.2, 0) is 17.5 Å². The average Bonchev–Trinajstić information content (AvgIpc) is 3.36. The Morgan fingerprint density at radius 1 is 1.00 bits per heavy atom. The maximum atomic E-state index is 13.0. The number of carbonyl (C=O) groups is 1. The lowest BCUT2D eigenvalue weighted by molar-refractivity contribution is -0.137. The molecule has 2 aromatic heterocycles. The summed E-state index contributed by atoms with van der Waals surface area (Å²) in [6.07, 6.45) is -1.68. The second-order valence-corrected chi connectivity index (χ2v) is 10.4. The summed E-state index contributed by atoms with van der Waals surface area (Å²) in [5, 5.41) is 10.7. The lowest BCUT2D eigenvalue weighted by Crippen LogP contribution is -2.37. The fourth-order valence-corrected chi connectivity index (χ4v) is 4.83. The topological polar surface area (TPSA) is 84.3 Å². The van der Waals surface area contributed by atoms with Crippen LogP contribution in [0.15, 0.2) is 60.8 Å². The van der Waals surface area contributed by atoms with E-state index >= 15 is 0 Å². The maximum absolute atomic E-state index is 13.0. The molecule has 1 aliphatic heterocycles. The van der Waals surface area contributed by atoms with Gasteiger partial charge in [-0.3, -0.25) is 4.90 Å². The molecule has 0 saturated carbocycles. The minimum Gasteiger partial charge on any atom is -0.379 e. The number of pyridine rings is 1. The summed E-state index contributed by atoms with van der Waals surface area (Å²) in [6, 6.07) is 13.3. The van der Waals surface area contributed by atoms with Crippen LogP contribution in [-0.4, -0.2) is 58.5 Å². The van der Waals surface area contributed by atoms with Gasteiger partial charge in [-0.05, 0) is 59.9 Å². The summed E-state index contributed by atoms with van der Waals surface area (Å²) in [6.45, 7) is 9.43. The first-order valence-electron chi connectivity index (χ1n) is 13.7. The van der Waals surface area contributed by atoms with E-state index in [4.69, 9.17) is 9.72 Å². The standard InChI is InChI=1S/C30H33F3N6O2/c1-20(2)27-18-25(26-19-34-39(28(26)37-27)12-4-11-38-13-15-41-16-14-38)21-7-9-23(10-8-21)35-29(40)36-24-6-3-5-22(17-24)30(31,32)33/h3,5-10,17-20H,4,11-16H2,1-2H3,(H2,35,36,40). The second kappa shape index (κ2) is 12.3. The van der Waals surface area contributed by atoms with Crippen molar-refractivity contribution in [2.75, 3.05) is 43.5 Å². The van der Waals surface area contributed by atoms with Crippen LogP contribution >= 0.6 is 0 Å². The second-order valence-electron chi connectivity index (χ2n) is 10.4. The number of benzene rings is 2. The number of carbonyl (C=O) groups excluding carboxylic acids is 1. The predicted molar refractivity (Wildman–Crippen MR) is 153 cm³/mol. The first kappa shape index (κ1) is 28.6. The van der Waals surface area contributed by atoms with Crippen LogP contribution in [0.3, 0.4) is 0 Å². The number of fused-ring (bicyclic) bond motifs is 1. The molecule has 0 spiro atoms. The highest BCUT2D eigenvalue weighted by atomic mass is 19.4. The zero-order valence-corrected chi connectivity index (χ0v) is 23.0. The number of aromatic nitrogens is 3. The zero-order valence-electron chi connectivity index (χ0n) is 23.0. The van der Waals surface area contributed by atoms with Gasteiger partial charge in [0.1, 0.15) is 0 Å². The summed E-state index contributed by atoms with van der Waals surface area (Å²) in [5.41, 5.74) is 3.47. The Hall–Kier alpha value is -3.96. The van der Waals surface area contributed by atoms with Crippen LogP contribution in [0.25, 0.3) is 22.2 Å². The molecule has 5 rings (SSSR count). The highest BCUT2D eigenvalue weighted by Crippen LogP contribution is 2.32. The fourth-order valence-electron chi connectivity index (χ4n) is 4.83. The average molecular weight is 567 g/mol. The van der Waals surface area contributed by atoms with Gasteiger partial charge in [0.05, 0.1) is 25.0 Å². The van der Waals surface area contributed by atoms with Gasteiger partial charge in [-0.2, -0.15) is 18.3 Å². The molecular formula is C30H33F3N6O2. The van der Waals surface area contributed by atoms with E-state index < -0.39 is 17.8 Å². The highest BCUT2D eigenvalue weighted by Gasteiger charge is 2.30. The minimum atomic E-state index is -4.49. The number of ether oxygens (including phenoxy) is 1. The van der Waals surface area contributed by atoms with Crippen LogP contribution in [0, 0.1) is 0 Å². The van der Waals surface area contributed by atoms with E-state index in [0.717, 1.165) is 85.8 Å². The number of alkyl halides is 3. The van der Waals surface area contributed by atoms with Crippen molar-refractivity contribution in [3.05, 3.63) is 72.1 Å². The first-order valence-corrected chi connectivity index (χ1v) is 13.7. The molecule has 2 N–H and O–H groups in total. The van der Waals surface area contributed by atoms with Crippen molar-refractivity contribution < 1.29 is 22.7 Å². The van der Waals surface area contributed by atoms with E-state index in [-0.39, 0.29) is 11.6 Å². The van der Waals surface area contributed by atoms with E-state index in [0.29, 0.717) is 5.69 Å². The number of anilines is 2. The molecule has 216 valence electrons. The molecule has 2 aromatic carbocycles. The quantitative estimate of drug-likeness (QED) is 0.251. The smallest absolute Gasteiger partial charge is 0.379 e. The molecule has 0 unspecified atom stereocenters. The number of amides is 2. The number of hydrogen-bond donors (Lipinski definition) is 2. The Kier molecular flexibility index (Phi) is 8.55. The van der Waals surface area contributed by atoms with Crippen molar-refractivity contribution in [3.63, 3.8) is 0 Å². The fraction of sp³-hybridized carbons (Fsp3) is 0.367. The van der Waals surface area contributed by atoms with E-state index in [1.54, 1.807) is 12.1 Å². The summed E-state index contributed by atoms with van der Waals surface area (Å²) in [5.74, 6) is 0.218. The Morgan fingerprint density at radius 2 is 1.73 bits per heavy atom. The molecule has 1 fully saturated rings. The molecule has 0 bridgehead atoms. The number of rotatable bonds is 8. The van der Waals surface area contributed by atoms with Crippen LogP contribution in [0.2, 0.25) is 0 Å². The largest absolute Gasteiger partial charge is 0.416 e. The van der Waals surface area contributed by atoms with E-state index in [9.17, 15) is 18.0 Å².